The van der Waals surface area contributed by atoms with Crippen molar-refractivity contribution in [2.24, 2.45) is 0 Å². The molecule has 0 saturated heterocycles. The van der Waals surface area contributed by atoms with Crippen LogP contribution in [0.1, 0.15) is 5.56 Å². The van der Waals surface area contributed by atoms with Crippen LogP contribution in [0.5, 0.6) is 0 Å². The lowest BCUT2D eigenvalue weighted by molar-refractivity contribution is 1.35. The molecule has 0 saturated carbocycles. The van der Waals surface area contributed by atoms with Crippen molar-refractivity contribution in [1.29, 1.82) is 0 Å². The third-order valence-corrected chi connectivity index (χ3v) is 6.28. The molecule has 0 aliphatic carbocycles. The topological polar surface area (TPSA) is 25.8 Å². The number of nitrogens with zero attached hydrogens (tertiary/aromatic N) is 2. The fraction of sp³-hybridized carbons (Fsp3) is 0.0323. The second-order valence-electron chi connectivity index (χ2n) is 8.32. The van der Waals surface area contributed by atoms with Crippen molar-refractivity contribution in [2.45, 2.75) is 6.92 Å². The first-order chi connectivity index (χ1) is 16.3. The summed E-state index contributed by atoms with van der Waals surface area (Å²) in [5, 5.41) is 2.23. The maximum absolute atomic E-state index is 5.19. The van der Waals surface area contributed by atoms with Crippen LogP contribution in [0.3, 0.4) is 0 Å². The van der Waals surface area contributed by atoms with Gasteiger partial charge in [0.2, 0.25) is 0 Å². The summed E-state index contributed by atoms with van der Waals surface area (Å²) in [6.45, 7) is 2.14. The second-order valence-corrected chi connectivity index (χ2v) is 8.32. The fourth-order valence-corrected chi connectivity index (χ4v) is 4.63. The van der Waals surface area contributed by atoms with E-state index in [9.17, 15) is 0 Å². The molecule has 6 rings (SSSR count). The summed E-state index contributed by atoms with van der Waals surface area (Å²) >= 11 is 0. The summed E-state index contributed by atoms with van der Waals surface area (Å²) in [6, 6.07) is 38.1. The smallest absolute Gasteiger partial charge is 0.0978 e. The number of benzene rings is 4. The van der Waals surface area contributed by atoms with E-state index in [1.54, 1.807) is 0 Å². The van der Waals surface area contributed by atoms with E-state index in [-0.39, 0.29) is 0 Å². The predicted octanol–water partition coefficient (Wildman–Crippen LogP) is 8.09. The lowest BCUT2D eigenvalue weighted by Gasteiger charge is -2.14. The number of hydrogen-bond donors (Lipinski definition) is 0. The van der Waals surface area contributed by atoms with Crippen LogP contribution in [0, 0.1) is 6.92 Å². The second kappa shape index (κ2) is 7.99. The summed E-state index contributed by atoms with van der Waals surface area (Å²) in [5.74, 6) is 0. The molecule has 0 amide bonds. The molecular weight excluding hydrogens is 400 g/mol. The van der Waals surface area contributed by atoms with Gasteiger partial charge in [0, 0.05) is 22.5 Å². The van der Waals surface area contributed by atoms with Crippen LogP contribution in [0.15, 0.2) is 115 Å². The molecule has 4 aromatic carbocycles. The Morgan fingerprint density at radius 2 is 1.12 bits per heavy atom. The van der Waals surface area contributed by atoms with E-state index in [0.717, 1.165) is 33.1 Å². The van der Waals surface area contributed by atoms with Gasteiger partial charge in [-0.05, 0) is 46.9 Å². The Hall–Kier alpha value is -4.30. The Labute approximate surface area is 193 Å². The standard InChI is InChI=1S/C31H22N2/c1-21-10-8-9-15-24(21)29-20-28(23-13-6-3-7-14-23)27-17-16-26-25(22-11-4-2-5-12-22)18-19-32-30(26)31(27)33-29/h2-20H,1H3. The molecule has 0 bridgehead atoms. The van der Waals surface area contributed by atoms with Crippen LogP contribution >= 0.6 is 0 Å². The van der Waals surface area contributed by atoms with Crippen molar-refractivity contribution in [1.82, 2.24) is 9.97 Å². The van der Waals surface area contributed by atoms with Crippen LogP contribution in [0.25, 0.3) is 55.3 Å². The highest BCUT2D eigenvalue weighted by molar-refractivity contribution is 6.12. The fourth-order valence-electron chi connectivity index (χ4n) is 4.63. The first-order valence-electron chi connectivity index (χ1n) is 11.2. The van der Waals surface area contributed by atoms with Crippen LogP contribution in [-0.4, -0.2) is 9.97 Å². The average Bonchev–Trinajstić information content (AvgIpc) is 2.89. The van der Waals surface area contributed by atoms with E-state index in [4.69, 9.17) is 9.97 Å². The third-order valence-electron chi connectivity index (χ3n) is 6.28. The molecular formula is C31H22N2. The minimum atomic E-state index is 0.932. The van der Waals surface area contributed by atoms with Crippen LogP contribution in [0.4, 0.5) is 0 Å². The van der Waals surface area contributed by atoms with Crippen molar-refractivity contribution >= 4 is 21.8 Å². The molecule has 0 unspecified atom stereocenters. The van der Waals surface area contributed by atoms with Gasteiger partial charge in [0.1, 0.15) is 0 Å². The minimum absolute atomic E-state index is 0.932. The van der Waals surface area contributed by atoms with Crippen LogP contribution < -0.4 is 0 Å². The molecule has 0 fully saturated rings. The SMILES string of the molecule is Cc1ccccc1-c1cc(-c2ccccc2)c2ccc3c(-c4ccccc4)ccnc3c2n1. The Morgan fingerprint density at radius 3 is 1.82 bits per heavy atom. The van der Waals surface area contributed by atoms with Gasteiger partial charge in [-0.15, -0.1) is 0 Å². The molecule has 0 atom stereocenters. The Bertz CT molecular complexity index is 1600. The molecule has 33 heavy (non-hydrogen) atoms. The zero-order chi connectivity index (χ0) is 22.2. The zero-order valence-corrected chi connectivity index (χ0v) is 18.4. The van der Waals surface area contributed by atoms with Gasteiger partial charge in [0.25, 0.3) is 0 Å². The molecule has 0 spiro atoms. The molecule has 2 heterocycles. The molecule has 0 aliphatic heterocycles. The normalized spacial score (nSPS) is 11.2. The lowest BCUT2D eigenvalue weighted by Crippen LogP contribution is -1.94. The third kappa shape index (κ3) is 3.37. The van der Waals surface area contributed by atoms with E-state index < -0.39 is 0 Å². The maximum Gasteiger partial charge on any atom is 0.0978 e. The number of fused-ring (bicyclic) bond motifs is 3. The molecule has 6 aromatic rings. The largest absolute Gasteiger partial charge is 0.254 e. The average molecular weight is 423 g/mol. The van der Waals surface area contributed by atoms with Gasteiger partial charge in [0.05, 0.1) is 16.7 Å². The van der Waals surface area contributed by atoms with Gasteiger partial charge in [0.15, 0.2) is 0 Å². The molecule has 2 nitrogen and oxygen atoms in total. The van der Waals surface area contributed by atoms with Gasteiger partial charge in [-0.3, -0.25) is 4.98 Å². The van der Waals surface area contributed by atoms with E-state index >= 15 is 0 Å². The number of rotatable bonds is 3. The molecule has 0 N–H and O–H groups in total. The Morgan fingerprint density at radius 1 is 0.515 bits per heavy atom. The van der Waals surface area contributed by atoms with Crippen molar-refractivity contribution in [3.63, 3.8) is 0 Å². The molecule has 2 aromatic heterocycles. The van der Waals surface area contributed by atoms with Crippen LogP contribution in [-0.2, 0) is 0 Å². The highest BCUT2D eigenvalue weighted by Crippen LogP contribution is 2.37. The number of hydrogen-bond acceptors (Lipinski definition) is 2. The summed E-state index contributed by atoms with van der Waals surface area (Å²) in [4.78, 5) is 10.0. The lowest BCUT2D eigenvalue weighted by atomic mass is 9.94. The summed E-state index contributed by atoms with van der Waals surface area (Å²) in [7, 11) is 0. The van der Waals surface area contributed by atoms with E-state index in [0.29, 0.717) is 0 Å². The molecule has 2 heteroatoms. The van der Waals surface area contributed by atoms with Crippen molar-refractivity contribution in [3.05, 3.63) is 121 Å². The number of aromatic nitrogens is 2. The van der Waals surface area contributed by atoms with Crippen molar-refractivity contribution < 1.29 is 0 Å². The quantitative estimate of drug-likeness (QED) is 0.269. The van der Waals surface area contributed by atoms with Crippen LogP contribution in [0.2, 0.25) is 0 Å². The summed E-state index contributed by atoms with van der Waals surface area (Å²) in [6.07, 6.45) is 1.90. The predicted molar refractivity (Wildman–Crippen MR) is 138 cm³/mol. The van der Waals surface area contributed by atoms with Crippen molar-refractivity contribution in [2.75, 3.05) is 0 Å². The highest BCUT2D eigenvalue weighted by atomic mass is 14.8. The van der Waals surface area contributed by atoms with E-state index in [2.05, 4.69) is 110 Å². The molecule has 156 valence electrons. The molecule has 0 radical (unpaired) electrons. The minimum Gasteiger partial charge on any atom is -0.254 e. The van der Waals surface area contributed by atoms with E-state index in [1.165, 1.54) is 27.8 Å². The Kier molecular flexibility index (Phi) is 4.70. The van der Waals surface area contributed by atoms with Gasteiger partial charge in [-0.1, -0.05) is 97.1 Å². The van der Waals surface area contributed by atoms with E-state index in [1.807, 2.05) is 12.3 Å². The molecule has 0 aliphatic rings. The van der Waals surface area contributed by atoms with Gasteiger partial charge in [-0.25, -0.2) is 4.98 Å². The summed E-state index contributed by atoms with van der Waals surface area (Å²) in [5.41, 5.74) is 9.90. The Balaban J connectivity index is 1.72. The first-order valence-corrected chi connectivity index (χ1v) is 11.2. The monoisotopic (exact) mass is 422 g/mol. The maximum atomic E-state index is 5.19. The van der Waals surface area contributed by atoms with Gasteiger partial charge < -0.3 is 0 Å². The number of pyridine rings is 2. The number of aryl methyl sites for hydroxylation is 1. The van der Waals surface area contributed by atoms with Gasteiger partial charge >= 0.3 is 0 Å². The zero-order valence-electron chi connectivity index (χ0n) is 18.4. The summed E-state index contributed by atoms with van der Waals surface area (Å²) < 4.78 is 0. The first kappa shape index (κ1) is 19.4. The highest BCUT2D eigenvalue weighted by Gasteiger charge is 2.15. The van der Waals surface area contributed by atoms with Crippen molar-refractivity contribution in [3.8, 4) is 33.5 Å². The van der Waals surface area contributed by atoms with Gasteiger partial charge in [-0.2, -0.15) is 0 Å².